The van der Waals surface area contributed by atoms with Gasteiger partial charge in [-0.2, -0.15) is 0 Å². The molecular formula is C14H14O5. The molecule has 0 saturated heterocycles. The molecule has 0 bridgehead atoms. The van der Waals surface area contributed by atoms with Gasteiger partial charge in [0.15, 0.2) is 6.10 Å². The van der Waals surface area contributed by atoms with Gasteiger partial charge in [-0.15, -0.1) is 0 Å². The molecule has 1 aromatic heterocycles. The van der Waals surface area contributed by atoms with E-state index in [1.54, 1.807) is 32.2 Å². The summed E-state index contributed by atoms with van der Waals surface area (Å²) >= 11 is 0. The summed E-state index contributed by atoms with van der Waals surface area (Å²) in [5.41, 5.74) is 0. The molecule has 1 N–H and O–H groups in total. The van der Waals surface area contributed by atoms with Crippen molar-refractivity contribution in [3.05, 3.63) is 47.9 Å². The van der Waals surface area contributed by atoms with Crippen LogP contribution in [0.1, 0.15) is 29.3 Å². The molecule has 1 heterocycles. The molecular weight excluding hydrogens is 248 g/mol. The highest BCUT2D eigenvalue weighted by Gasteiger charge is 2.15. The third-order valence-corrected chi connectivity index (χ3v) is 2.59. The fraction of sp³-hybridized carbons (Fsp3) is 0.214. The van der Waals surface area contributed by atoms with Crippen molar-refractivity contribution in [2.75, 3.05) is 7.11 Å². The molecule has 0 aliphatic rings. The summed E-state index contributed by atoms with van der Waals surface area (Å²) in [7, 11) is 1.58. The van der Waals surface area contributed by atoms with E-state index in [0.717, 1.165) is 0 Å². The topological polar surface area (TPSA) is 68.9 Å². The second-order valence-electron chi connectivity index (χ2n) is 3.95. The lowest BCUT2D eigenvalue weighted by Crippen LogP contribution is -2.02. The lowest BCUT2D eigenvalue weighted by molar-refractivity contribution is 0.0655. The molecule has 1 unspecified atom stereocenters. The summed E-state index contributed by atoms with van der Waals surface area (Å²) in [5.74, 6) is 0.576. The molecule has 0 aliphatic carbocycles. The molecule has 0 aliphatic heterocycles. The zero-order chi connectivity index (χ0) is 13.8. The Labute approximate surface area is 110 Å². The number of ether oxygens (including phenoxy) is 2. The fourth-order valence-electron chi connectivity index (χ4n) is 1.62. The van der Waals surface area contributed by atoms with Gasteiger partial charge in [0.1, 0.15) is 17.3 Å². The Hall–Kier alpha value is -2.43. The minimum Gasteiger partial charge on any atom is -0.497 e. The highest BCUT2D eigenvalue weighted by molar-refractivity contribution is 5.84. The van der Waals surface area contributed by atoms with Crippen LogP contribution in [0.3, 0.4) is 0 Å². The van der Waals surface area contributed by atoms with Crippen molar-refractivity contribution >= 4 is 5.97 Å². The summed E-state index contributed by atoms with van der Waals surface area (Å²) in [6, 6.07) is 10.2. The van der Waals surface area contributed by atoms with E-state index >= 15 is 0 Å². The number of hydrogen-bond donors (Lipinski definition) is 1. The average molecular weight is 262 g/mol. The first-order valence-corrected chi connectivity index (χ1v) is 5.74. The van der Waals surface area contributed by atoms with Crippen molar-refractivity contribution in [1.82, 2.24) is 0 Å². The van der Waals surface area contributed by atoms with Crippen LogP contribution in [0.4, 0.5) is 0 Å². The van der Waals surface area contributed by atoms with Gasteiger partial charge in [0.25, 0.3) is 0 Å². The molecule has 2 rings (SSSR count). The lowest BCUT2D eigenvalue weighted by Gasteiger charge is -2.13. The fourth-order valence-corrected chi connectivity index (χ4v) is 1.62. The Morgan fingerprint density at radius 3 is 2.63 bits per heavy atom. The van der Waals surface area contributed by atoms with Crippen molar-refractivity contribution in [1.29, 1.82) is 0 Å². The van der Waals surface area contributed by atoms with Gasteiger partial charge in [-0.3, -0.25) is 0 Å². The predicted molar refractivity (Wildman–Crippen MR) is 67.7 cm³/mol. The normalized spacial score (nSPS) is 11.9. The first-order valence-electron chi connectivity index (χ1n) is 5.74. The summed E-state index contributed by atoms with van der Waals surface area (Å²) in [6.45, 7) is 1.78. The van der Waals surface area contributed by atoms with Crippen LogP contribution in [0.25, 0.3) is 0 Å². The second kappa shape index (κ2) is 5.48. The molecule has 0 saturated carbocycles. The largest absolute Gasteiger partial charge is 0.497 e. The van der Waals surface area contributed by atoms with Gasteiger partial charge >= 0.3 is 5.97 Å². The summed E-state index contributed by atoms with van der Waals surface area (Å²) in [6.07, 6.45) is -0.389. The smallest absolute Gasteiger partial charge is 0.371 e. The maximum absolute atomic E-state index is 10.7. The second-order valence-corrected chi connectivity index (χ2v) is 3.95. The number of aromatic carboxylic acids is 1. The van der Waals surface area contributed by atoms with Crippen molar-refractivity contribution in [3.63, 3.8) is 0 Å². The van der Waals surface area contributed by atoms with Crippen molar-refractivity contribution in [2.24, 2.45) is 0 Å². The van der Waals surface area contributed by atoms with Crippen molar-refractivity contribution in [2.45, 2.75) is 13.0 Å². The minimum atomic E-state index is -1.10. The van der Waals surface area contributed by atoms with E-state index in [-0.39, 0.29) is 11.9 Å². The quantitative estimate of drug-likeness (QED) is 0.896. The van der Waals surface area contributed by atoms with E-state index in [9.17, 15) is 4.79 Å². The zero-order valence-electron chi connectivity index (χ0n) is 10.6. The van der Waals surface area contributed by atoms with Crippen LogP contribution >= 0.6 is 0 Å². The predicted octanol–water partition coefficient (Wildman–Crippen LogP) is 3.13. The van der Waals surface area contributed by atoms with E-state index in [0.29, 0.717) is 17.3 Å². The minimum absolute atomic E-state index is 0.101. The molecule has 1 atom stereocenters. The third kappa shape index (κ3) is 3.07. The highest BCUT2D eigenvalue weighted by atomic mass is 16.5. The average Bonchev–Trinajstić information content (AvgIpc) is 2.89. The Kier molecular flexibility index (Phi) is 3.75. The number of methoxy groups -OCH3 is 1. The van der Waals surface area contributed by atoms with E-state index in [2.05, 4.69) is 0 Å². The molecule has 0 radical (unpaired) electrons. The van der Waals surface area contributed by atoms with Crippen LogP contribution in [-0.4, -0.2) is 18.2 Å². The van der Waals surface area contributed by atoms with Gasteiger partial charge in [0.05, 0.1) is 7.11 Å². The molecule has 5 nitrogen and oxygen atoms in total. The van der Waals surface area contributed by atoms with Crippen molar-refractivity contribution < 1.29 is 23.8 Å². The first kappa shape index (κ1) is 13.0. The van der Waals surface area contributed by atoms with Gasteiger partial charge in [-0.05, 0) is 31.2 Å². The van der Waals surface area contributed by atoms with Gasteiger partial charge in [0, 0.05) is 6.07 Å². The van der Waals surface area contributed by atoms with E-state index in [1.807, 2.05) is 12.1 Å². The Balaban J connectivity index is 2.10. The Bertz CT molecular complexity index is 573. The number of hydrogen-bond acceptors (Lipinski definition) is 4. The molecule has 19 heavy (non-hydrogen) atoms. The Morgan fingerprint density at radius 1 is 1.26 bits per heavy atom. The summed E-state index contributed by atoms with van der Waals surface area (Å²) < 4.78 is 15.9. The van der Waals surface area contributed by atoms with Crippen LogP contribution in [0.5, 0.6) is 11.5 Å². The zero-order valence-corrected chi connectivity index (χ0v) is 10.6. The first-order chi connectivity index (χ1) is 9.10. The summed E-state index contributed by atoms with van der Waals surface area (Å²) in [5, 5.41) is 8.79. The SMILES string of the molecule is COc1cccc(OC(C)c2ccc(C(=O)O)o2)c1. The van der Waals surface area contributed by atoms with Crippen LogP contribution < -0.4 is 9.47 Å². The highest BCUT2D eigenvalue weighted by Crippen LogP contribution is 2.26. The maximum Gasteiger partial charge on any atom is 0.371 e. The van der Waals surface area contributed by atoms with E-state index < -0.39 is 5.97 Å². The molecule has 100 valence electrons. The van der Waals surface area contributed by atoms with Crippen molar-refractivity contribution in [3.8, 4) is 11.5 Å². The monoisotopic (exact) mass is 262 g/mol. The number of rotatable bonds is 5. The van der Waals surface area contributed by atoms with Gasteiger partial charge in [-0.25, -0.2) is 4.79 Å². The van der Waals surface area contributed by atoms with E-state index in [4.69, 9.17) is 19.0 Å². The summed E-state index contributed by atoms with van der Waals surface area (Å²) in [4.78, 5) is 10.7. The van der Waals surface area contributed by atoms with Crippen LogP contribution in [-0.2, 0) is 0 Å². The van der Waals surface area contributed by atoms with Crippen LogP contribution in [0.15, 0.2) is 40.8 Å². The molecule has 0 amide bonds. The number of carboxylic acids is 1. The molecule has 1 aromatic carbocycles. The van der Waals surface area contributed by atoms with Gasteiger partial charge in [0.2, 0.25) is 5.76 Å². The van der Waals surface area contributed by atoms with Crippen LogP contribution in [0, 0.1) is 0 Å². The number of carbonyl (C=O) groups is 1. The Morgan fingerprint density at radius 2 is 2.00 bits per heavy atom. The lowest BCUT2D eigenvalue weighted by atomic mass is 10.3. The van der Waals surface area contributed by atoms with E-state index in [1.165, 1.54) is 6.07 Å². The molecule has 0 spiro atoms. The molecule has 0 fully saturated rings. The van der Waals surface area contributed by atoms with Gasteiger partial charge in [-0.1, -0.05) is 6.07 Å². The number of benzene rings is 1. The number of furan rings is 1. The number of carboxylic acid groups (broad SMARTS) is 1. The van der Waals surface area contributed by atoms with Crippen LogP contribution in [0.2, 0.25) is 0 Å². The maximum atomic E-state index is 10.7. The third-order valence-electron chi connectivity index (χ3n) is 2.59. The molecule has 5 heteroatoms. The molecule has 2 aromatic rings. The van der Waals surface area contributed by atoms with Gasteiger partial charge < -0.3 is 19.0 Å². The standard InChI is InChI=1S/C14H14O5/c1-9(12-6-7-13(19-12)14(15)16)18-11-5-3-4-10(8-11)17-2/h3-9H,1-2H3,(H,15,16).